The van der Waals surface area contributed by atoms with Crippen molar-refractivity contribution >= 4 is 5.91 Å². The molecule has 0 aliphatic heterocycles. The summed E-state index contributed by atoms with van der Waals surface area (Å²) >= 11 is 0. The summed E-state index contributed by atoms with van der Waals surface area (Å²) in [7, 11) is 0. The Kier molecular flexibility index (Phi) is 6.24. The molecule has 0 aliphatic rings. The van der Waals surface area contributed by atoms with Crippen LogP contribution in [-0.2, 0) is 11.2 Å². The minimum Gasteiger partial charge on any atom is -0.342 e. The molecule has 0 unspecified atom stereocenters. The maximum atomic E-state index is 12.4. The highest BCUT2D eigenvalue weighted by atomic mass is 16.2. The Balaban J connectivity index is 2.71. The van der Waals surface area contributed by atoms with E-state index in [2.05, 4.69) is 33.8 Å². The topological polar surface area (TPSA) is 44.1 Å². The molecule has 1 amide bonds. The lowest BCUT2D eigenvalue weighted by Gasteiger charge is -2.26. The molecule has 20 heavy (non-hydrogen) atoms. The number of carbonyl (C=O) groups excluding carboxylic acids is 1. The molecule has 0 saturated heterocycles. The van der Waals surface area contributed by atoms with E-state index in [1.54, 1.807) is 12.1 Å². The number of benzene rings is 1. The van der Waals surface area contributed by atoms with E-state index < -0.39 is 0 Å². The fourth-order valence-corrected chi connectivity index (χ4v) is 2.14. The van der Waals surface area contributed by atoms with Crippen molar-refractivity contribution in [1.82, 2.24) is 4.90 Å². The van der Waals surface area contributed by atoms with Crippen LogP contribution in [0.3, 0.4) is 0 Å². The van der Waals surface area contributed by atoms with Crippen LogP contribution in [0, 0.1) is 23.2 Å². The molecule has 3 nitrogen and oxygen atoms in total. The monoisotopic (exact) mass is 272 g/mol. The average molecular weight is 272 g/mol. The molecule has 0 fully saturated rings. The Bertz CT molecular complexity index is 459. The van der Waals surface area contributed by atoms with Gasteiger partial charge in [-0.25, -0.2) is 0 Å². The second kappa shape index (κ2) is 7.69. The van der Waals surface area contributed by atoms with Crippen LogP contribution in [0.5, 0.6) is 0 Å². The molecular formula is C17H24N2O. The number of nitriles is 1. The first-order valence-corrected chi connectivity index (χ1v) is 7.19. The number of hydrogen-bond donors (Lipinski definition) is 0. The van der Waals surface area contributed by atoms with Gasteiger partial charge in [-0.15, -0.1) is 0 Å². The molecule has 0 atom stereocenters. The first-order chi connectivity index (χ1) is 9.42. The summed E-state index contributed by atoms with van der Waals surface area (Å²) in [6.45, 7) is 10.1. The molecule has 3 heteroatoms. The third-order valence-electron chi connectivity index (χ3n) is 2.96. The van der Waals surface area contributed by atoms with Crippen molar-refractivity contribution in [2.24, 2.45) is 11.8 Å². The molecule has 0 heterocycles. The zero-order valence-electron chi connectivity index (χ0n) is 12.9. The first kappa shape index (κ1) is 16.2. The fourth-order valence-electron chi connectivity index (χ4n) is 2.14. The Labute approximate surface area is 122 Å². The number of amides is 1. The summed E-state index contributed by atoms with van der Waals surface area (Å²) in [5.41, 5.74) is 1.59. The third-order valence-corrected chi connectivity index (χ3v) is 2.96. The molecule has 0 radical (unpaired) electrons. The van der Waals surface area contributed by atoms with Gasteiger partial charge in [-0.2, -0.15) is 5.26 Å². The van der Waals surface area contributed by atoms with Crippen molar-refractivity contribution in [3.05, 3.63) is 35.4 Å². The Morgan fingerprint density at radius 2 is 1.60 bits per heavy atom. The van der Waals surface area contributed by atoms with Crippen LogP contribution < -0.4 is 0 Å². The molecule has 1 rings (SSSR count). The molecule has 0 saturated carbocycles. The van der Waals surface area contributed by atoms with E-state index in [1.165, 1.54) is 0 Å². The summed E-state index contributed by atoms with van der Waals surface area (Å²) in [4.78, 5) is 14.4. The van der Waals surface area contributed by atoms with E-state index in [0.29, 0.717) is 23.8 Å². The van der Waals surface area contributed by atoms with E-state index in [0.717, 1.165) is 18.7 Å². The number of rotatable bonds is 6. The normalized spacial score (nSPS) is 10.7. The number of nitrogens with zero attached hydrogens (tertiary/aromatic N) is 2. The number of hydrogen-bond acceptors (Lipinski definition) is 2. The fraction of sp³-hybridized carbons (Fsp3) is 0.529. The lowest BCUT2D eigenvalue weighted by molar-refractivity contribution is -0.131. The van der Waals surface area contributed by atoms with Crippen molar-refractivity contribution < 1.29 is 4.79 Å². The molecule has 0 bridgehead atoms. The molecule has 0 N–H and O–H groups in total. The quantitative estimate of drug-likeness (QED) is 0.798. The maximum Gasteiger partial charge on any atom is 0.227 e. The van der Waals surface area contributed by atoms with Gasteiger partial charge in [-0.1, -0.05) is 39.8 Å². The standard InChI is InChI=1S/C17H24N2O/c1-13(2)11-19(12-14(3)4)17(20)9-15-5-7-16(10-18)8-6-15/h5-8,13-14H,9,11-12H2,1-4H3. The van der Waals surface area contributed by atoms with Gasteiger partial charge in [-0.3, -0.25) is 4.79 Å². The summed E-state index contributed by atoms with van der Waals surface area (Å²) in [6, 6.07) is 9.33. The Morgan fingerprint density at radius 3 is 2.00 bits per heavy atom. The smallest absolute Gasteiger partial charge is 0.227 e. The molecule has 0 aromatic heterocycles. The minimum atomic E-state index is 0.164. The van der Waals surface area contributed by atoms with Crippen molar-refractivity contribution in [2.45, 2.75) is 34.1 Å². The van der Waals surface area contributed by atoms with Crippen LogP contribution in [0.1, 0.15) is 38.8 Å². The van der Waals surface area contributed by atoms with Crippen molar-refractivity contribution in [1.29, 1.82) is 5.26 Å². The Hall–Kier alpha value is -1.82. The maximum absolute atomic E-state index is 12.4. The molecule has 1 aromatic rings. The van der Waals surface area contributed by atoms with Crippen LogP contribution >= 0.6 is 0 Å². The van der Waals surface area contributed by atoms with Crippen LogP contribution in [-0.4, -0.2) is 23.9 Å². The van der Waals surface area contributed by atoms with Crippen molar-refractivity contribution in [2.75, 3.05) is 13.1 Å². The van der Waals surface area contributed by atoms with Gasteiger partial charge in [0, 0.05) is 13.1 Å². The summed E-state index contributed by atoms with van der Waals surface area (Å²) in [6.07, 6.45) is 0.408. The van der Waals surface area contributed by atoms with Crippen LogP contribution in [0.25, 0.3) is 0 Å². The van der Waals surface area contributed by atoms with E-state index in [9.17, 15) is 4.79 Å². The predicted molar refractivity (Wildman–Crippen MR) is 81.1 cm³/mol. The van der Waals surface area contributed by atoms with Gasteiger partial charge in [0.1, 0.15) is 0 Å². The van der Waals surface area contributed by atoms with Gasteiger partial charge < -0.3 is 4.90 Å². The van der Waals surface area contributed by atoms with Gasteiger partial charge >= 0.3 is 0 Å². The van der Waals surface area contributed by atoms with Gasteiger partial charge in [0.25, 0.3) is 0 Å². The minimum absolute atomic E-state index is 0.164. The Morgan fingerprint density at radius 1 is 1.10 bits per heavy atom. The van der Waals surface area contributed by atoms with E-state index in [-0.39, 0.29) is 5.91 Å². The third kappa shape index (κ3) is 5.44. The molecule has 0 spiro atoms. The number of carbonyl (C=O) groups is 1. The van der Waals surface area contributed by atoms with Gasteiger partial charge in [0.2, 0.25) is 5.91 Å². The van der Waals surface area contributed by atoms with E-state index >= 15 is 0 Å². The molecule has 0 aliphatic carbocycles. The second-order valence-electron chi connectivity index (χ2n) is 6.07. The molecule has 108 valence electrons. The predicted octanol–water partition coefficient (Wildman–Crippen LogP) is 3.24. The molecular weight excluding hydrogens is 248 g/mol. The largest absolute Gasteiger partial charge is 0.342 e. The van der Waals surface area contributed by atoms with E-state index in [4.69, 9.17) is 5.26 Å². The van der Waals surface area contributed by atoms with Crippen LogP contribution in [0.15, 0.2) is 24.3 Å². The lowest BCUT2D eigenvalue weighted by Crippen LogP contribution is -2.37. The van der Waals surface area contributed by atoms with Crippen molar-refractivity contribution in [3.8, 4) is 6.07 Å². The average Bonchev–Trinajstić information content (AvgIpc) is 2.37. The highest BCUT2D eigenvalue weighted by molar-refractivity contribution is 5.78. The molecule has 1 aromatic carbocycles. The summed E-state index contributed by atoms with van der Waals surface area (Å²) in [5, 5.41) is 8.77. The van der Waals surface area contributed by atoms with Gasteiger partial charge in [-0.05, 0) is 29.5 Å². The highest BCUT2D eigenvalue weighted by Crippen LogP contribution is 2.09. The van der Waals surface area contributed by atoms with E-state index in [1.807, 2.05) is 17.0 Å². The summed E-state index contributed by atoms with van der Waals surface area (Å²) < 4.78 is 0. The summed E-state index contributed by atoms with van der Waals surface area (Å²) in [5.74, 6) is 1.11. The van der Waals surface area contributed by atoms with Gasteiger partial charge in [0.15, 0.2) is 0 Å². The van der Waals surface area contributed by atoms with Crippen LogP contribution in [0.4, 0.5) is 0 Å². The second-order valence-corrected chi connectivity index (χ2v) is 6.07. The van der Waals surface area contributed by atoms with Crippen LogP contribution in [0.2, 0.25) is 0 Å². The highest BCUT2D eigenvalue weighted by Gasteiger charge is 2.16. The SMILES string of the molecule is CC(C)CN(CC(C)C)C(=O)Cc1ccc(C#N)cc1. The zero-order valence-corrected chi connectivity index (χ0v) is 12.9. The first-order valence-electron chi connectivity index (χ1n) is 7.19. The van der Waals surface area contributed by atoms with Gasteiger partial charge in [0.05, 0.1) is 18.1 Å². The zero-order chi connectivity index (χ0) is 15.1. The lowest BCUT2D eigenvalue weighted by atomic mass is 10.1. The van der Waals surface area contributed by atoms with Crippen molar-refractivity contribution in [3.63, 3.8) is 0 Å².